The van der Waals surface area contributed by atoms with E-state index in [9.17, 15) is 14.7 Å². The molecule has 0 bridgehead atoms. The molecule has 0 spiro atoms. The molecule has 3 N–H and O–H groups in total. The molecule has 0 radical (unpaired) electrons. The summed E-state index contributed by atoms with van der Waals surface area (Å²) in [6, 6.07) is 5.87. The predicted molar refractivity (Wildman–Crippen MR) is 104 cm³/mol. The standard InChI is InChI=1S/C18H27N2O5P/c1-24-17-11-14-15(12-18(17)25-2)19-7-3-16(14)20-8-4-13(5-9-20)6-10-26(21,22)23/h3,7,11-13,21-23,26H,4-6,8-10H2,1-2H3. The minimum atomic E-state index is -3.93. The Bertz CT molecular complexity index is 757. The van der Waals surface area contributed by atoms with Crippen molar-refractivity contribution in [3.05, 3.63) is 24.4 Å². The second kappa shape index (κ2) is 7.92. The summed E-state index contributed by atoms with van der Waals surface area (Å²) < 4.78 is 10.8. The summed E-state index contributed by atoms with van der Waals surface area (Å²) in [5.74, 6) is 1.75. The average Bonchev–Trinajstić information content (AvgIpc) is 2.64. The van der Waals surface area contributed by atoms with Crippen LogP contribution in [0.2, 0.25) is 0 Å². The molecule has 2 heterocycles. The van der Waals surface area contributed by atoms with Crippen LogP contribution in [0.15, 0.2) is 24.4 Å². The third-order valence-corrected chi connectivity index (χ3v) is 6.03. The van der Waals surface area contributed by atoms with Gasteiger partial charge in [0.05, 0.1) is 7.11 Å². The van der Waals surface area contributed by atoms with E-state index in [1.54, 1.807) is 20.4 Å². The van der Waals surface area contributed by atoms with Crippen LogP contribution in [-0.2, 0) is 0 Å². The van der Waals surface area contributed by atoms with E-state index >= 15 is 0 Å². The molecule has 1 aliphatic heterocycles. The third kappa shape index (κ3) is 4.35. The van der Waals surface area contributed by atoms with Crippen LogP contribution in [0.5, 0.6) is 11.5 Å². The number of rotatable bonds is 6. The van der Waals surface area contributed by atoms with Crippen LogP contribution in [-0.4, -0.2) is 53.1 Å². The molecular formula is C18H27N2O5P. The number of hydrogen-bond donors (Lipinski definition) is 3. The molecule has 0 unspecified atom stereocenters. The maximum atomic E-state index is 9.20. The number of anilines is 1. The van der Waals surface area contributed by atoms with Gasteiger partial charge in [0.15, 0.2) is 0 Å². The summed E-state index contributed by atoms with van der Waals surface area (Å²) in [7, 11) is -0.690. The number of hydrogen-bond acceptors (Lipinski definition) is 7. The van der Waals surface area contributed by atoms with Crippen molar-refractivity contribution in [1.82, 2.24) is 4.98 Å². The van der Waals surface area contributed by atoms with Crippen LogP contribution in [0.3, 0.4) is 0 Å². The fourth-order valence-corrected chi connectivity index (χ4v) is 4.39. The van der Waals surface area contributed by atoms with Crippen LogP contribution < -0.4 is 14.4 Å². The number of aromatic nitrogens is 1. The van der Waals surface area contributed by atoms with Crippen molar-refractivity contribution in [2.75, 3.05) is 38.4 Å². The molecular weight excluding hydrogens is 355 g/mol. The number of fused-ring (bicyclic) bond motifs is 1. The molecule has 26 heavy (non-hydrogen) atoms. The number of nitrogens with zero attached hydrogens (tertiary/aromatic N) is 2. The van der Waals surface area contributed by atoms with Crippen molar-refractivity contribution in [2.24, 2.45) is 5.92 Å². The van der Waals surface area contributed by atoms with Crippen LogP contribution in [0.1, 0.15) is 19.3 Å². The van der Waals surface area contributed by atoms with E-state index in [1.165, 1.54) is 0 Å². The first-order valence-corrected chi connectivity index (χ1v) is 10.9. The van der Waals surface area contributed by atoms with Crippen LogP contribution >= 0.6 is 7.94 Å². The van der Waals surface area contributed by atoms with Crippen LogP contribution in [0.25, 0.3) is 10.9 Å². The van der Waals surface area contributed by atoms with Gasteiger partial charge in [-0.05, 0) is 0 Å². The predicted octanol–water partition coefficient (Wildman–Crippen LogP) is 2.33. The number of piperidine rings is 1. The van der Waals surface area contributed by atoms with Crippen molar-refractivity contribution >= 4 is 24.5 Å². The monoisotopic (exact) mass is 382 g/mol. The second-order valence-electron chi connectivity index (χ2n) is 6.80. The van der Waals surface area contributed by atoms with Crippen molar-refractivity contribution < 1.29 is 24.2 Å². The molecule has 0 atom stereocenters. The number of benzene rings is 1. The first-order chi connectivity index (χ1) is 12.4. The molecule has 1 saturated heterocycles. The zero-order valence-electron chi connectivity index (χ0n) is 15.2. The van der Waals surface area contributed by atoms with Crippen LogP contribution in [0, 0.1) is 5.92 Å². The number of methoxy groups -OCH3 is 2. The summed E-state index contributed by atoms with van der Waals surface area (Å²) in [5.41, 5.74) is 1.98. The number of pyridine rings is 1. The van der Waals surface area contributed by atoms with E-state index in [2.05, 4.69) is 9.88 Å². The van der Waals surface area contributed by atoms with Gasteiger partial charge in [-0.3, -0.25) is 0 Å². The molecule has 144 valence electrons. The van der Waals surface area contributed by atoms with E-state index < -0.39 is 7.94 Å². The Morgan fingerprint density at radius 1 is 1.12 bits per heavy atom. The Balaban J connectivity index is 1.77. The van der Waals surface area contributed by atoms with Crippen molar-refractivity contribution in [3.8, 4) is 11.5 Å². The zero-order chi connectivity index (χ0) is 18.7. The molecule has 8 heteroatoms. The molecule has 1 aliphatic rings. The van der Waals surface area contributed by atoms with Gasteiger partial charge >= 0.3 is 146 Å². The maximum absolute atomic E-state index is 9.20. The van der Waals surface area contributed by atoms with Gasteiger partial charge in [-0.2, -0.15) is 0 Å². The van der Waals surface area contributed by atoms with Gasteiger partial charge in [-0.1, -0.05) is 0 Å². The van der Waals surface area contributed by atoms with Crippen molar-refractivity contribution in [1.29, 1.82) is 0 Å². The summed E-state index contributed by atoms with van der Waals surface area (Å²) in [6.45, 7) is 1.77. The molecule has 0 amide bonds. The Labute approximate surface area is 153 Å². The Morgan fingerprint density at radius 3 is 2.38 bits per heavy atom. The summed E-state index contributed by atoms with van der Waals surface area (Å²) in [5, 5.41) is 1.02. The molecule has 3 rings (SSSR count). The van der Waals surface area contributed by atoms with E-state index in [-0.39, 0.29) is 6.16 Å². The van der Waals surface area contributed by atoms with Gasteiger partial charge in [-0.15, -0.1) is 0 Å². The SMILES string of the molecule is COc1cc2nccc(N3CCC(CC[PH](O)(O)O)CC3)c2cc1OC. The molecule has 1 aromatic carbocycles. The van der Waals surface area contributed by atoms with Gasteiger partial charge in [-0.25, -0.2) is 0 Å². The summed E-state index contributed by atoms with van der Waals surface area (Å²) in [4.78, 5) is 34.4. The van der Waals surface area contributed by atoms with Crippen molar-refractivity contribution in [2.45, 2.75) is 19.3 Å². The van der Waals surface area contributed by atoms with E-state index in [4.69, 9.17) is 9.47 Å². The van der Waals surface area contributed by atoms with Gasteiger partial charge in [0.2, 0.25) is 0 Å². The summed E-state index contributed by atoms with van der Waals surface area (Å²) in [6.07, 6.45) is 4.50. The fourth-order valence-electron chi connectivity index (χ4n) is 3.59. The molecule has 2 aromatic rings. The fraction of sp³-hybridized carbons (Fsp3) is 0.500. The topological polar surface area (TPSA) is 95.3 Å². The third-order valence-electron chi connectivity index (χ3n) is 5.07. The molecule has 1 aromatic heterocycles. The Kier molecular flexibility index (Phi) is 5.82. The Morgan fingerprint density at radius 2 is 1.77 bits per heavy atom. The van der Waals surface area contributed by atoms with Gasteiger partial charge in [0, 0.05) is 0 Å². The van der Waals surface area contributed by atoms with E-state index in [0.717, 1.165) is 42.5 Å². The van der Waals surface area contributed by atoms with E-state index in [0.29, 0.717) is 23.8 Å². The first-order valence-electron chi connectivity index (χ1n) is 8.84. The average molecular weight is 382 g/mol. The normalized spacial score (nSPS) is 16.7. The van der Waals surface area contributed by atoms with Crippen LogP contribution in [0.4, 0.5) is 5.69 Å². The molecule has 7 nitrogen and oxygen atoms in total. The van der Waals surface area contributed by atoms with Gasteiger partial charge < -0.3 is 0 Å². The van der Waals surface area contributed by atoms with Gasteiger partial charge in [0.1, 0.15) is 0 Å². The Hall–Kier alpha value is -1.66. The van der Waals surface area contributed by atoms with E-state index in [1.807, 2.05) is 18.2 Å². The zero-order valence-corrected chi connectivity index (χ0v) is 16.2. The second-order valence-corrected chi connectivity index (χ2v) is 8.85. The van der Waals surface area contributed by atoms with Crippen molar-refractivity contribution in [3.63, 3.8) is 0 Å². The number of ether oxygens (including phenoxy) is 2. The quantitative estimate of drug-likeness (QED) is 0.660. The molecule has 0 aliphatic carbocycles. The minimum absolute atomic E-state index is 0.118. The van der Waals surface area contributed by atoms with Gasteiger partial charge in [0.25, 0.3) is 0 Å². The first kappa shape index (κ1) is 19.1. The molecule has 1 fully saturated rings. The summed E-state index contributed by atoms with van der Waals surface area (Å²) >= 11 is 0. The molecule has 0 saturated carbocycles.